The van der Waals surface area contributed by atoms with E-state index in [4.69, 9.17) is 9.47 Å². The highest BCUT2D eigenvalue weighted by atomic mass is 32.1. The standard InChI is InChI=1S/C25H26N4O3S/c1-18-5-6-23-22(13-18)29(25(30)33-23)17-19-3-2-4-20(14-19)24-26-15-21(16-27-24)32-12-9-28-7-10-31-11-8-28/h2-6,13-16H,7-12,17H2,1H3. The largest absolute Gasteiger partial charge is 0.489 e. The van der Waals surface area contributed by atoms with E-state index in [1.165, 1.54) is 11.3 Å². The molecule has 7 nitrogen and oxygen atoms in total. The van der Waals surface area contributed by atoms with Gasteiger partial charge >= 0.3 is 4.87 Å². The summed E-state index contributed by atoms with van der Waals surface area (Å²) in [7, 11) is 0. The summed E-state index contributed by atoms with van der Waals surface area (Å²) in [5.74, 6) is 1.30. The first-order valence-electron chi connectivity index (χ1n) is 11.1. The zero-order valence-electron chi connectivity index (χ0n) is 18.6. The molecule has 8 heteroatoms. The predicted molar refractivity (Wildman–Crippen MR) is 130 cm³/mol. The first-order chi connectivity index (χ1) is 16.2. The second-order valence-electron chi connectivity index (χ2n) is 8.17. The first kappa shape index (κ1) is 21.8. The first-order valence-corrected chi connectivity index (χ1v) is 11.9. The van der Waals surface area contributed by atoms with E-state index in [1.54, 1.807) is 12.4 Å². The van der Waals surface area contributed by atoms with Crippen LogP contribution < -0.4 is 9.61 Å². The van der Waals surface area contributed by atoms with Crippen molar-refractivity contribution in [2.24, 2.45) is 0 Å². The summed E-state index contributed by atoms with van der Waals surface area (Å²) >= 11 is 1.28. The van der Waals surface area contributed by atoms with Crippen LogP contribution in [-0.4, -0.2) is 58.9 Å². The minimum absolute atomic E-state index is 0.0517. The lowest BCUT2D eigenvalue weighted by Gasteiger charge is -2.26. The smallest absolute Gasteiger partial charge is 0.308 e. The van der Waals surface area contributed by atoms with E-state index in [1.807, 2.05) is 47.9 Å². The van der Waals surface area contributed by atoms with Gasteiger partial charge in [-0.15, -0.1) is 0 Å². The Bertz CT molecular complexity index is 1290. The van der Waals surface area contributed by atoms with E-state index in [-0.39, 0.29) is 4.87 Å². The summed E-state index contributed by atoms with van der Waals surface area (Å²) in [4.78, 5) is 23.9. The molecule has 2 aromatic carbocycles. The Labute approximate surface area is 196 Å². The van der Waals surface area contributed by atoms with Gasteiger partial charge in [0.05, 0.1) is 42.4 Å². The fourth-order valence-electron chi connectivity index (χ4n) is 3.97. The lowest BCUT2D eigenvalue weighted by atomic mass is 10.1. The molecule has 5 rings (SSSR count). The molecular weight excluding hydrogens is 436 g/mol. The normalized spacial score (nSPS) is 14.6. The van der Waals surface area contributed by atoms with Crippen LogP contribution in [0, 0.1) is 6.92 Å². The number of aromatic nitrogens is 3. The molecule has 0 atom stereocenters. The molecule has 33 heavy (non-hydrogen) atoms. The highest BCUT2D eigenvalue weighted by Crippen LogP contribution is 2.22. The fraction of sp³-hybridized carbons (Fsp3) is 0.320. The van der Waals surface area contributed by atoms with E-state index in [0.29, 0.717) is 24.7 Å². The molecule has 1 aliphatic heterocycles. The molecule has 0 N–H and O–H groups in total. The van der Waals surface area contributed by atoms with E-state index in [0.717, 1.165) is 59.8 Å². The number of morpholine rings is 1. The summed E-state index contributed by atoms with van der Waals surface area (Å²) in [5, 5.41) is 0. The van der Waals surface area contributed by atoms with Gasteiger partial charge in [-0.1, -0.05) is 35.6 Å². The Kier molecular flexibility index (Phi) is 6.48. The van der Waals surface area contributed by atoms with Crippen LogP contribution >= 0.6 is 11.3 Å². The highest BCUT2D eigenvalue weighted by molar-refractivity contribution is 7.16. The molecule has 0 amide bonds. The third kappa shape index (κ3) is 5.13. The monoisotopic (exact) mass is 462 g/mol. The van der Waals surface area contributed by atoms with Gasteiger partial charge in [0.2, 0.25) is 0 Å². The van der Waals surface area contributed by atoms with Crippen LogP contribution in [0.2, 0.25) is 0 Å². The van der Waals surface area contributed by atoms with Gasteiger partial charge in [-0.05, 0) is 36.2 Å². The molecule has 1 saturated heterocycles. The van der Waals surface area contributed by atoms with Crippen molar-refractivity contribution in [2.75, 3.05) is 39.5 Å². The molecule has 1 aliphatic rings. The Hall–Kier alpha value is -3.07. The van der Waals surface area contributed by atoms with Gasteiger partial charge in [0.1, 0.15) is 6.61 Å². The molecule has 4 aromatic rings. The number of hydrogen-bond donors (Lipinski definition) is 0. The van der Waals surface area contributed by atoms with Crippen molar-refractivity contribution in [3.05, 3.63) is 75.7 Å². The summed E-state index contributed by atoms with van der Waals surface area (Å²) in [6, 6.07) is 14.1. The molecule has 0 saturated carbocycles. The summed E-state index contributed by atoms with van der Waals surface area (Å²) in [6.07, 6.45) is 3.43. The van der Waals surface area contributed by atoms with Crippen molar-refractivity contribution in [3.8, 4) is 17.1 Å². The zero-order chi connectivity index (χ0) is 22.6. The third-order valence-electron chi connectivity index (χ3n) is 5.76. The maximum atomic E-state index is 12.6. The molecule has 1 fully saturated rings. The van der Waals surface area contributed by atoms with E-state index in [2.05, 4.69) is 20.9 Å². The minimum atomic E-state index is 0.0517. The number of aryl methyl sites for hydroxylation is 1. The molecule has 2 aromatic heterocycles. The van der Waals surface area contributed by atoms with Crippen LogP contribution in [0.15, 0.2) is 59.7 Å². The van der Waals surface area contributed by atoms with Gasteiger partial charge in [-0.25, -0.2) is 9.97 Å². The Morgan fingerprint density at radius 2 is 1.91 bits per heavy atom. The van der Waals surface area contributed by atoms with E-state index >= 15 is 0 Å². The average molecular weight is 463 g/mol. The topological polar surface area (TPSA) is 69.5 Å². The highest BCUT2D eigenvalue weighted by Gasteiger charge is 2.11. The maximum absolute atomic E-state index is 12.6. The quantitative estimate of drug-likeness (QED) is 0.418. The lowest BCUT2D eigenvalue weighted by molar-refractivity contribution is 0.0322. The molecule has 0 spiro atoms. The predicted octanol–water partition coefficient (Wildman–Crippen LogP) is 3.59. The summed E-state index contributed by atoms with van der Waals surface area (Å²) in [5.41, 5.74) is 4.06. The van der Waals surface area contributed by atoms with Crippen LogP contribution in [0.5, 0.6) is 5.75 Å². The zero-order valence-corrected chi connectivity index (χ0v) is 19.4. The van der Waals surface area contributed by atoms with Gasteiger partial charge in [0.25, 0.3) is 0 Å². The molecule has 0 radical (unpaired) electrons. The van der Waals surface area contributed by atoms with Crippen LogP contribution in [0.3, 0.4) is 0 Å². The summed E-state index contributed by atoms with van der Waals surface area (Å²) < 4.78 is 14.0. The molecule has 0 aliphatic carbocycles. The number of hydrogen-bond acceptors (Lipinski definition) is 7. The van der Waals surface area contributed by atoms with Crippen LogP contribution in [0.25, 0.3) is 21.6 Å². The van der Waals surface area contributed by atoms with Crippen molar-refractivity contribution >= 4 is 21.6 Å². The molecule has 0 unspecified atom stereocenters. The van der Waals surface area contributed by atoms with Crippen molar-refractivity contribution in [1.82, 2.24) is 19.4 Å². The Morgan fingerprint density at radius 3 is 2.73 bits per heavy atom. The van der Waals surface area contributed by atoms with Crippen molar-refractivity contribution < 1.29 is 9.47 Å². The maximum Gasteiger partial charge on any atom is 0.308 e. The van der Waals surface area contributed by atoms with Gasteiger partial charge in [-0.3, -0.25) is 14.3 Å². The molecular formula is C25H26N4O3S. The molecule has 3 heterocycles. The van der Waals surface area contributed by atoms with Crippen LogP contribution in [0.1, 0.15) is 11.1 Å². The van der Waals surface area contributed by atoms with Gasteiger partial charge in [0.15, 0.2) is 11.6 Å². The second kappa shape index (κ2) is 9.82. The van der Waals surface area contributed by atoms with Gasteiger partial charge < -0.3 is 9.47 Å². The number of rotatable bonds is 7. The number of ether oxygens (including phenoxy) is 2. The van der Waals surface area contributed by atoms with Crippen molar-refractivity contribution in [2.45, 2.75) is 13.5 Å². The van der Waals surface area contributed by atoms with E-state index < -0.39 is 0 Å². The molecule has 170 valence electrons. The lowest BCUT2D eigenvalue weighted by Crippen LogP contribution is -2.38. The Balaban J connectivity index is 1.27. The Morgan fingerprint density at radius 1 is 1.09 bits per heavy atom. The summed E-state index contributed by atoms with van der Waals surface area (Å²) in [6.45, 7) is 7.48. The van der Waals surface area contributed by atoms with Gasteiger partial charge in [-0.2, -0.15) is 0 Å². The fourth-order valence-corrected chi connectivity index (χ4v) is 4.84. The van der Waals surface area contributed by atoms with Crippen molar-refractivity contribution in [1.29, 1.82) is 0 Å². The minimum Gasteiger partial charge on any atom is -0.489 e. The second-order valence-corrected chi connectivity index (χ2v) is 9.16. The number of nitrogens with zero attached hydrogens (tertiary/aromatic N) is 4. The van der Waals surface area contributed by atoms with Gasteiger partial charge in [0, 0.05) is 25.2 Å². The van der Waals surface area contributed by atoms with Crippen LogP contribution in [-0.2, 0) is 11.3 Å². The number of thiazole rings is 1. The van der Waals surface area contributed by atoms with Crippen molar-refractivity contribution in [3.63, 3.8) is 0 Å². The molecule has 0 bridgehead atoms. The van der Waals surface area contributed by atoms with Crippen LogP contribution in [0.4, 0.5) is 0 Å². The number of benzene rings is 2. The number of fused-ring (bicyclic) bond motifs is 1. The average Bonchev–Trinajstić information content (AvgIpc) is 3.15. The SMILES string of the molecule is Cc1ccc2sc(=O)n(Cc3cccc(-c4ncc(OCCN5CCOCC5)cn4)c3)c2c1. The third-order valence-corrected chi connectivity index (χ3v) is 6.72. The van der Waals surface area contributed by atoms with E-state index in [9.17, 15) is 4.79 Å².